The summed E-state index contributed by atoms with van der Waals surface area (Å²) in [5.41, 5.74) is 1.88. The summed E-state index contributed by atoms with van der Waals surface area (Å²) < 4.78 is 39.5. The zero-order valence-electron chi connectivity index (χ0n) is 20.0. The van der Waals surface area contributed by atoms with Crippen molar-refractivity contribution in [2.45, 2.75) is 52.7 Å². The van der Waals surface area contributed by atoms with Gasteiger partial charge in [-0.3, -0.25) is 13.9 Å². The predicted octanol–water partition coefficient (Wildman–Crippen LogP) is 3.89. The lowest BCUT2D eigenvalue weighted by Gasteiger charge is -2.32. The van der Waals surface area contributed by atoms with Gasteiger partial charge in [0, 0.05) is 12.6 Å². The van der Waals surface area contributed by atoms with Crippen molar-refractivity contribution in [3.8, 4) is 0 Å². The van der Waals surface area contributed by atoms with E-state index in [-0.39, 0.29) is 29.2 Å². The number of nitrogens with one attached hydrogen (secondary N) is 1. The SMILES string of the molecule is CCC(C)NC(=O)C(C)N(Cc1ccc(C)cc1)C(=O)CN(c1ccc(F)c(Cl)c1)S(C)(=O)=O. The maximum Gasteiger partial charge on any atom is 0.244 e. The maximum absolute atomic E-state index is 13.6. The van der Waals surface area contributed by atoms with E-state index in [0.717, 1.165) is 40.2 Å². The number of halogens is 2. The third-order valence-corrected chi connectivity index (χ3v) is 6.94. The zero-order chi connectivity index (χ0) is 25.6. The van der Waals surface area contributed by atoms with Crippen LogP contribution in [-0.4, -0.2) is 50.0 Å². The quantitative estimate of drug-likeness (QED) is 0.524. The minimum atomic E-state index is -3.92. The lowest BCUT2D eigenvalue weighted by molar-refractivity contribution is -0.139. The van der Waals surface area contributed by atoms with Gasteiger partial charge in [0.15, 0.2) is 0 Å². The molecule has 1 N–H and O–H groups in total. The molecule has 0 aromatic heterocycles. The normalized spacial score (nSPS) is 13.1. The monoisotopic (exact) mass is 511 g/mol. The summed E-state index contributed by atoms with van der Waals surface area (Å²) in [5, 5.41) is 2.60. The first-order valence-corrected chi connectivity index (χ1v) is 13.1. The first-order chi connectivity index (χ1) is 15.8. The van der Waals surface area contributed by atoms with Gasteiger partial charge in [-0.05, 0) is 51.0 Å². The summed E-state index contributed by atoms with van der Waals surface area (Å²) in [6, 6.07) is 9.96. The molecule has 0 aliphatic carbocycles. The lowest BCUT2D eigenvalue weighted by Crippen LogP contribution is -2.52. The largest absolute Gasteiger partial charge is 0.352 e. The molecule has 0 saturated heterocycles. The highest BCUT2D eigenvalue weighted by Gasteiger charge is 2.30. The molecular weight excluding hydrogens is 481 g/mol. The number of carbonyl (C=O) groups is 2. The molecule has 0 aliphatic rings. The molecule has 7 nitrogen and oxygen atoms in total. The van der Waals surface area contributed by atoms with Crippen molar-refractivity contribution >= 4 is 39.1 Å². The van der Waals surface area contributed by atoms with Crippen molar-refractivity contribution in [1.82, 2.24) is 10.2 Å². The molecule has 186 valence electrons. The first kappa shape index (κ1) is 27.6. The molecular formula is C24H31ClFN3O4S. The van der Waals surface area contributed by atoms with E-state index in [9.17, 15) is 22.4 Å². The molecule has 34 heavy (non-hydrogen) atoms. The number of rotatable bonds is 10. The maximum atomic E-state index is 13.6. The van der Waals surface area contributed by atoms with E-state index in [1.807, 2.05) is 45.0 Å². The Hall–Kier alpha value is -2.65. The Labute approximate surface area is 205 Å². The number of benzene rings is 2. The van der Waals surface area contributed by atoms with Crippen LogP contribution < -0.4 is 9.62 Å². The number of hydrogen-bond acceptors (Lipinski definition) is 4. The van der Waals surface area contributed by atoms with Crippen molar-refractivity contribution < 1.29 is 22.4 Å². The third kappa shape index (κ3) is 7.43. The number of aryl methyl sites for hydroxylation is 1. The van der Waals surface area contributed by atoms with Crippen molar-refractivity contribution in [3.63, 3.8) is 0 Å². The number of hydrogen-bond donors (Lipinski definition) is 1. The zero-order valence-corrected chi connectivity index (χ0v) is 21.6. The second kappa shape index (κ2) is 11.7. The van der Waals surface area contributed by atoms with Crippen LogP contribution in [0.25, 0.3) is 0 Å². The second-order valence-electron chi connectivity index (χ2n) is 8.37. The fourth-order valence-electron chi connectivity index (χ4n) is 3.19. The minimum Gasteiger partial charge on any atom is -0.352 e. The lowest BCUT2D eigenvalue weighted by atomic mass is 10.1. The average Bonchev–Trinajstić information content (AvgIpc) is 2.77. The molecule has 0 bridgehead atoms. The molecule has 0 aliphatic heterocycles. The highest BCUT2D eigenvalue weighted by atomic mass is 35.5. The molecule has 0 saturated carbocycles. The van der Waals surface area contributed by atoms with Crippen LogP contribution in [0.15, 0.2) is 42.5 Å². The summed E-state index contributed by atoms with van der Waals surface area (Å²) in [7, 11) is -3.92. The summed E-state index contributed by atoms with van der Waals surface area (Å²) in [6.45, 7) is 6.86. The van der Waals surface area contributed by atoms with Crippen LogP contribution in [0.1, 0.15) is 38.3 Å². The Morgan fingerprint density at radius 3 is 2.26 bits per heavy atom. The summed E-state index contributed by atoms with van der Waals surface area (Å²) in [5.74, 6) is -1.63. The van der Waals surface area contributed by atoms with E-state index < -0.39 is 34.3 Å². The van der Waals surface area contributed by atoms with Crippen LogP contribution in [0.5, 0.6) is 0 Å². The fourth-order valence-corrected chi connectivity index (χ4v) is 4.21. The first-order valence-electron chi connectivity index (χ1n) is 10.9. The van der Waals surface area contributed by atoms with Crippen LogP contribution >= 0.6 is 11.6 Å². The van der Waals surface area contributed by atoms with Crippen LogP contribution in [0.2, 0.25) is 5.02 Å². The van der Waals surface area contributed by atoms with Gasteiger partial charge in [0.1, 0.15) is 18.4 Å². The Kier molecular flexibility index (Phi) is 9.46. The molecule has 2 unspecified atom stereocenters. The summed E-state index contributed by atoms with van der Waals surface area (Å²) in [6.07, 6.45) is 1.67. The van der Waals surface area contributed by atoms with E-state index in [0.29, 0.717) is 0 Å². The van der Waals surface area contributed by atoms with E-state index in [2.05, 4.69) is 5.32 Å². The van der Waals surface area contributed by atoms with Crippen molar-refractivity contribution in [3.05, 3.63) is 64.4 Å². The van der Waals surface area contributed by atoms with Gasteiger partial charge in [0.05, 0.1) is 17.0 Å². The second-order valence-corrected chi connectivity index (χ2v) is 10.7. The molecule has 2 amide bonds. The molecule has 0 fully saturated rings. The number of carbonyl (C=O) groups excluding carboxylic acids is 2. The van der Waals surface area contributed by atoms with E-state index in [1.54, 1.807) is 6.92 Å². The van der Waals surface area contributed by atoms with E-state index in [4.69, 9.17) is 11.6 Å². The Morgan fingerprint density at radius 2 is 1.74 bits per heavy atom. The number of anilines is 1. The van der Waals surface area contributed by atoms with Gasteiger partial charge in [0.2, 0.25) is 21.8 Å². The smallest absolute Gasteiger partial charge is 0.244 e. The van der Waals surface area contributed by atoms with Gasteiger partial charge < -0.3 is 10.2 Å². The topological polar surface area (TPSA) is 86.8 Å². The van der Waals surface area contributed by atoms with Gasteiger partial charge in [-0.25, -0.2) is 12.8 Å². The van der Waals surface area contributed by atoms with Gasteiger partial charge in [-0.15, -0.1) is 0 Å². The van der Waals surface area contributed by atoms with Gasteiger partial charge in [0.25, 0.3) is 0 Å². The molecule has 0 heterocycles. The fraction of sp³-hybridized carbons (Fsp3) is 0.417. The summed E-state index contributed by atoms with van der Waals surface area (Å²) >= 11 is 5.84. The van der Waals surface area contributed by atoms with Gasteiger partial charge >= 0.3 is 0 Å². The Morgan fingerprint density at radius 1 is 1.12 bits per heavy atom. The Bertz CT molecular complexity index is 1130. The van der Waals surface area contributed by atoms with Crippen LogP contribution in [0, 0.1) is 12.7 Å². The van der Waals surface area contributed by atoms with Crippen molar-refractivity contribution in [2.75, 3.05) is 17.1 Å². The van der Waals surface area contributed by atoms with Crippen LogP contribution in [-0.2, 0) is 26.2 Å². The minimum absolute atomic E-state index is 0.0502. The molecule has 10 heteroatoms. The number of nitrogens with zero attached hydrogens (tertiary/aromatic N) is 2. The number of amides is 2. The van der Waals surface area contributed by atoms with Gasteiger partial charge in [-0.1, -0.05) is 48.4 Å². The van der Waals surface area contributed by atoms with Crippen molar-refractivity contribution in [2.24, 2.45) is 0 Å². The molecule has 2 atom stereocenters. The van der Waals surface area contributed by atoms with Crippen LogP contribution in [0.4, 0.5) is 10.1 Å². The van der Waals surface area contributed by atoms with E-state index in [1.165, 1.54) is 11.0 Å². The average molecular weight is 512 g/mol. The summed E-state index contributed by atoms with van der Waals surface area (Å²) in [4.78, 5) is 27.6. The van der Waals surface area contributed by atoms with Crippen molar-refractivity contribution in [1.29, 1.82) is 0 Å². The van der Waals surface area contributed by atoms with Crippen LogP contribution in [0.3, 0.4) is 0 Å². The third-order valence-electron chi connectivity index (χ3n) is 5.51. The highest BCUT2D eigenvalue weighted by Crippen LogP contribution is 2.25. The van der Waals surface area contributed by atoms with Gasteiger partial charge in [-0.2, -0.15) is 0 Å². The molecule has 2 rings (SSSR count). The molecule has 0 radical (unpaired) electrons. The Balaban J connectivity index is 2.39. The molecule has 0 spiro atoms. The molecule has 2 aromatic carbocycles. The number of sulfonamides is 1. The molecule has 2 aromatic rings. The highest BCUT2D eigenvalue weighted by molar-refractivity contribution is 7.92. The predicted molar refractivity (Wildman–Crippen MR) is 133 cm³/mol. The standard InChI is InChI=1S/C24H31ClFN3O4S/c1-6-17(3)27-24(31)18(4)28(14-19-9-7-16(2)8-10-19)23(30)15-29(34(5,32)33)20-11-12-22(26)21(25)13-20/h7-13,17-18H,6,14-15H2,1-5H3,(H,27,31). The van der Waals surface area contributed by atoms with E-state index >= 15 is 0 Å².